The molecule has 0 unspecified atom stereocenters. The predicted molar refractivity (Wildman–Crippen MR) is 122 cm³/mol. The lowest BCUT2D eigenvalue weighted by atomic mass is 10.1. The van der Waals surface area contributed by atoms with Crippen molar-refractivity contribution in [2.45, 2.75) is 31.2 Å². The third-order valence-electron chi connectivity index (χ3n) is 4.72. The Morgan fingerprint density at radius 3 is 2.50 bits per heavy atom. The van der Waals surface area contributed by atoms with E-state index in [0.717, 1.165) is 32.0 Å². The maximum absolute atomic E-state index is 4.66. The molecule has 0 bridgehead atoms. The molecule has 0 spiro atoms. The van der Waals surface area contributed by atoms with Crippen molar-refractivity contribution in [3.8, 4) is 16.8 Å². The third kappa shape index (κ3) is 4.01. The molecule has 28 heavy (non-hydrogen) atoms. The van der Waals surface area contributed by atoms with Crippen LogP contribution in [-0.2, 0) is 0 Å². The Labute approximate surface area is 178 Å². The average molecular weight is 452 g/mol. The Morgan fingerprint density at radius 1 is 0.964 bits per heavy atom. The SMILES string of the molecule is CCCCCSc1ncnc2c1c(-c1ccccc1)cn2-c1ccc(Br)cc1. The van der Waals surface area contributed by atoms with Crippen LogP contribution in [0.2, 0.25) is 0 Å². The molecule has 0 aliphatic heterocycles. The first-order chi connectivity index (χ1) is 13.8. The largest absolute Gasteiger partial charge is 0.301 e. The summed E-state index contributed by atoms with van der Waals surface area (Å²) in [5, 5.41) is 2.20. The lowest BCUT2D eigenvalue weighted by molar-refractivity contribution is 0.778. The van der Waals surface area contributed by atoms with Crippen molar-refractivity contribution in [2.75, 3.05) is 5.75 Å². The number of halogens is 1. The molecule has 142 valence electrons. The van der Waals surface area contributed by atoms with Crippen molar-refractivity contribution in [3.63, 3.8) is 0 Å². The monoisotopic (exact) mass is 451 g/mol. The zero-order valence-corrected chi connectivity index (χ0v) is 18.2. The van der Waals surface area contributed by atoms with Gasteiger partial charge in [-0.1, -0.05) is 66.0 Å². The van der Waals surface area contributed by atoms with Gasteiger partial charge >= 0.3 is 0 Å². The Kier molecular flexibility index (Phi) is 6.13. The first-order valence-corrected chi connectivity index (χ1v) is 11.4. The molecule has 0 saturated carbocycles. The summed E-state index contributed by atoms with van der Waals surface area (Å²) in [5.74, 6) is 1.08. The number of rotatable bonds is 7. The van der Waals surface area contributed by atoms with Crippen LogP contribution >= 0.6 is 27.7 Å². The summed E-state index contributed by atoms with van der Waals surface area (Å²) in [6.07, 6.45) is 7.57. The van der Waals surface area contributed by atoms with Gasteiger partial charge in [0.05, 0.1) is 5.39 Å². The molecule has 0 saturated heterocycles. The minimum Gasteiger partial charge on any atom is -0.301 e. The van der Waals surface area contributed by atoms with Crippen molar-refractivity contribution in [1.82, 2.24) is 14.5 Å². The van der Waals surface area contributed by atoms with Gasteiger partial charge in [-0.3, -0.25) is 0 Å². The zero-order chi connectivity index (χ0) is 19.3. The third-order valence-corrected chi connectivity index (χ3v) is 6.33. The molecular formula is C23H22BrN3S. The highest BCUT2D eigenvalue weighted by Gasteiger charge is 2.17. The number of hydrogen-bond acceptors (Lipinski definition) is 3. The van der Waals surface area contributed by atoms with Crippen LogP contribution in [0, 0.1) is 0 Å². The van der Waals surface area contributed by atoms with Crippen molar-refractivity contribution < 1.29 is 0 Å². The molecule has 0 amide bonds. The molecular weight excluding hydrogens is 430 g/mol. The molecule has 4 rings (SSSR count). The standard InChI is InChI=1S/C23H22BrN3S/c1-2-3-7-14-28-23-21-20(17-8-5-4-6-9-17)15-27(22(21)25-16-26-23)19-12-10-18(24)11-13-19/h4-6,8-13,15-16H,2-3,7,14H2,1H3. The molecule has 4 aromatic rings. The second-order valence-corrected chi connectivity index (χ2v) is 8.69. The highest BCUT2D eigenvalue weighted by molar-refractivity contribution is 9.10. The van der Waals surface area contributed by atoms with Gasteiger partial charge in [-0.2, -0.15) is 0 Å². The van der Waals surface area contributed by atoms with Gasteiger partial charge < -0.3 is 4.57 Å². The molecule has 0 fully saturated rings. The van der Waals surface area contributed by atoms with E-state index in [1.54, 1.807) is 6.33 Å². The molecule has 5 heteroatoms. The maximum Gasteiger partial charge on any atom is 0.149 e. The van der Waals surface area contributed by atoms with E-state index in [2.05, 4.69) is 92.1 Å². The number of hydrogen-bond donors (Lipinski definition) is 0. The van der Waals surface area contributed by atoms with E-state index in [-0.39, 0.29) is 0 Å². The second kappa shape index (κ2) is 8.93. The summed E-state index contributed by atoms with van der Waals surface area (Å²) in [7, 11) is 0. The fraction of sp³-hybridized carbons (Fsp3) is 0.217. The van der Waals surface area contributed by atoms with Gasteiger partial charge in [-0.25, -0.2) is 9.97 Å². The number of unbranched alkanes of at least 4 members (excludes halogenated alkanes) is 2. The minimum atomic E-state index is 0.953. The normalized spacial score (nSPS) is 11.2. The molecule has 0 aliphatic rings. The molecule has 2 aromatic heterocycles. The van der Waals surface area contributed by atoms with Gasteiger partial charge in [0.25, 0.3) is 0 Å². The smallest absolute Gasteiger partial charge is 0.149 e. The van der Waals surface area contributed by atoms with E-state index in [1.165, 1.54) is 30.4 Å². The summed E-state index contributed by atoms with van der Waals surface area (Å²) in [6, 6.07) is 18.8. The number of nitrogens with zero attached hydrogens (tertiary/aromatic N) is 3. The molecule has 0 radical (unpaired) electrons. The number of benzene rings is 2. The van der Waals surface area contributed by atoms with Crippen LogP contribution in [0.3, 0.4) is 0 Å². The van der Waals surface area contributed by atoms with E-state index in [9.17, 15) is 0 Å². The lowest BCUT2D eigenvalue weighted by Gasteiger charge is -2.06. The highest BCUT2D eigenvalue weighted by Crippen LogP contribution is 2.37. The van der Waals surface area contributed by atoms with E-state index < -0.39 is 0 Å². The number of fused-ring (bicyclic) bond motifs is 1. The van der Waals surface area contributed by atoms with Gasteiger partial charge in [0, 0.05) is 21.9 Å². The van der Waals surface area contributed by atoms with Gasteiger partial charge in [-0.05, 0) is 42.0 Å². The fourth-order valence-corrected chi connectivity index (χ4v) is 4.57. The van der Waals surface area contributed by atoms with Gasteiger partial charge in [0.15, 0.2) is 0 Å². The molecule has 2 aromatic carbocycles. The minimum absolute atomic E-state index is 0.953. The summed E-state index contributed by atoms with van der Waals surface area (Å²) in [5.41, 5.74) is 4.41. The van der Waals surface area contributed by atoms with E-state index >= 15 is 0 Å². The van der Waals surface area contributed by atoms with Crippen LogP contribution in [0.1, 0.15) is 26.2 Å². The zero-order valence-electron chi connectivity index (χ0n) is 15.8. The summed E-state index contributed by atoms with van der Waals surface area (Å²) in [6.45, 7) is 2.24. The van der Waals surface area contributed by atoms with Crippen molar-refractivity contribution >= 4 is 38.7 Å². The fourth-order valence-electron chi connectivity index (χ4n) is 3.30. The summed E-state index contributed by atoms with van der Waals surface area (Å²) in [4.78, 5) is 9.30. The second-order valence-electron chi connectivity index (χ2n) is 6.69. The average Bonchev–Trinajstić information content (AvgIpc) is 3.13. The van der Waals surface area contributed by atoms with Crippen LogP contribution in [0.5, 0.6) is 0 Å². The van der Waals surface area contributed by atoms with E-state index in [4.69, 9.17) is 0 Å². The maximum atomic E-state index is 4.66. The van der Waals surface area contributed by atoms with E-state index in [0.29, 0.717) is 0 Å². The molecule has 0 aliphatic carbocycles. The lowest BCUT2D eigenvalue weighted by Crippen LogP contribution is -1.95. The van der Waals surface area contributed by atoms with Crippen molar-refractivity contribution in [3.05, 3.63) is 71.6 Å². The van der Waals surface area contributed by atoms with Gasteiger partial charge in [0.2, 0.25) is 0 Å². The predicted octanol–water partition coefficient (Wildman–Crippen LogP) is 7.13. The summed E-state index contributed by atoms with van der Waals surface area (Å²) >= 11 is 5.36. The van der Waals surface area contributed by atoms with Crippen LogP contribution in [-0.4, -0.2) is 20.3 Å². The summed E-state index contributed by atoms with van der Waals surface area (Å²) < 4.78 is 3.24. The first kappa shape index (κ1) is 19.2. The number of thioether (sulfide) groups is 1. The van der Waals surface area contributed by atoms with Crippen LogP contribution in [0.25, 0.3) is 27.8 Å². The molecule has 0 atom stereocenters. The highest BCUT2D eigenvalue weighted by atomic mass is 79.9. The molecule has 0 N–H and O–H groups in total. The van der Waals surface area contributed by atoms with Crippen molar-refractivity contribution in [2.24, 2.45) is 0 Å². The Hall–Kier alpha value is -2.11. The quantitative estimate of drug-likeness (QED) is 0.170. The number of aromatic nitrogens is 3. The first-order valence-electron chi connectivity index (χ1n) is 9.58. The Bertz CT molecular complexity index is 1060. The van der Waals surface area contributed by atoms with Crippen molar-refractivity contribution in [1.29, 1.82) is 0 Å². The van der Waals surface area contributed by atoms with Gasteiger partial charge in [0.1, 0.15) is 17.0 Å². The van der Waals surface area contributed by atoms with Gasteiger partial charge in [-0.15, -0.1) is 11.8 Å². The Balaban J connectivity index is 1.86. The van der Waals surface area contributed by atoms with Crippen LogP contribution < -0.4 is 0 Å². The van der Waals surface area contributed by atoms with Crippen LogP contribution in [0.15, 0.2) is 76.6 Å². The van der Waals surface area contributed by atoms with Crippen LogP contribution in [0.4, 0.5) is 0 Å². The molecule has 2 heterocycles. The molecule has 3 nitrogen and oxygen atoms in total. The van der Waals surface area contributed by atoms with E-state index in [1.807, 2.05) is 17.8 Å². The Morgan fingerprint density at radius 2 is 1.75 bits per heavy atom. The topological polar surface area (TPSA) is 30.7 Å².